The van der Waals surface area contributed by atoms with Crippen LogP contribution in [0.4, 0.5) is 0 Å². The van der Waals surface area contributed by atoms with Crippen molar-refractivity contribution in [2.75, 3.05) is 66.9 Å². The summed E-state index contributed by atoms with van der Waals surface area (Å²) < 4.78 is 28.3. The Labute approximate surface area is 422 Å². The number of fused-ring (bicyclic) bond motifs is 12. The van der Waals surface area contributed by atoms with Crippen LogP contribution in [0.5, 0.6) is 28.7 Å². The second-order valence-corrected chi connectivity index (χ2v) is 21.2. The van der Waals surface area contributed by atoms with Crippen molar-refractivity contribution in [1.29, 1.82) is 0 Å². The maximum atomic E-state index is 11.8. The van der Waals surface area contributed by atoms with Gasteiger partial charge < -0.3 is 55.1 Å². The molecule has 14 nitrogen and oxygen atoms in total. The molecule has 0 aromatic heterocycles. The van der Waals surface area contributed by atoms with E-state index in [2.05, 4.69) is 77.3 Å². The van der Waals surface area contributed by atoms with E-state index in [0.717, 1.165) is 55.1 Å². The third-order valence-electron chi connectivity index (χ3n) is 15.4. The van der Waals surface area contributed by atoms with Gasteiger partial charge in [-0.05, 0) is 152 Å². The van der Waals surface area contributed by atoms with E-state index in [1.807, 2.05) is 39.2 Å². The van der Waals surface area contributed by atoms with Crippen molar-refractivity contribution in [2.45, 2.75) is 113 Å². The Balaban J connectivity index is 1.21. The van der Waals surface area contributed by atoms with Crippen molar-refractivity contribution in [2.24, 2.45) is 10.9 Å². The molecule has 4 aromatic carbocycles. The van der Waals surface area contributed by atoms with E-state index in [-0.39, 0.29) is 49.9 Å². The second kappa shape index (κ2) is 20.8. The van der Waals surface area contributed by atoms with E-state index in [0.29, 0.717) is 106 Å². The Bertz CT molecular complexity index is 2940. The number of nitrogens with zero attached hydrogens (tertiary/aromatic N) is 1. The van der Waals surface area contributed by atoms with Crippen molar-refractivity contribution in [1.82, 2.24) is 21.3 Å². The minimum absolute atomic E-state index is 0.0213. The van der Waals surface area contributed by atoms with Crippen molar-refractivity contribution >= 4 is 12.2 Å². The fraction of sp³-hybridized carbons (Fsp3) is 0.500. The quantitative estimate of drug-likeness (QED) is 0.0407. The molecule has 0 radical (unpaired) electrons. The zero-order chi connectivity index (χ0) is 50.3. The van der Waals surface area contributed by atoms with Gasteiger partial charge in [-0.15, -0.1) is 0 Å². The van der Waals surface area contributed by atoms with Crippen molar-refractivity contribution < 1.29 is 44.5 Å². The number of phenolic OH excluding ortho intramolecular Hbond substituents is 2. The number of aliphatic hydroxyl groups is 3. The summed E-state index contributed by atoms with van der Waals surface area (Å²) in [5, 5.41) is 71.6. The largest absolute Gasteiger partial charge is 0.507 e. The Hall–Kier alpha value is -5.47. The number of hydrogen-bond donors (Lipinski definition) is 9. The average Bonchev–Trinajstić information content (AvgIpc) is 3.84. The molecule has 4 aromatic rings. The summed E-state index contributed by atoms with van der Waals surface area (Å²) in [6.45, 7) is 8.16. The summed E-state index contributed by atoms with van der Waals surface area (Å²) in [5.41, 5.74) is 8.25. The summed E-state index contributed by atoms with van der Waals surface area (Å²) >= 11 is 0. The van der Waals surface area contributed by atoms with Gasteiger partial charge in [0.25, 0.3) is 0 Å². The van der Waals surface area contributed by atoms with Crippen LogP contribution in [-0.2, 0) is 30.4 Å². The molecular weight excluding hydrogens is 911 g/mol. The number of aromatic hydroxyl groups is 2. The fourth-order valence-corrected chi connectivity index (χ4v) is 12.6. The Morgan fingerprint density at radius 3 is 2.65 bits per heavy atom. The van der Waals surface area contributed by atoms with Crippen LogP contribution in [-0.4, -0.2) is 116 Å². The molecule has 2 aliphatic carbocycles. The van der Waals surface area contributed by atoms with Crippen molar-refractivity contribution in [3.8, 4) is 51.7 Å². The molecule has 382 valence electrons. The fourth-order valence-electron chi connectivity index (χ4n) is 12.6. The van der Waals surface area contributed by atoms with Gasteiger partial charge in [-0.25, -0.2) is 0 Å². The van der Waals surface area contributed by atoms with E-state index in [4.69, 9.17) is 23.9 Å². The van der Waals surface area contributed by atoms with Crippen LogP contribution in [0.1, 0.15) is 109 Å². The predicted molar refractivity (Wildman–Crippen MR) is 277 cm³/mol. The van der Waals surface area contributed by atoms with Gasteiger partial charge in [0.2, 0.25) is 0 Å². The lowest BCUT2D eigenvalue weighted by atomic mass is 9.62. The van der Waals surface area contributed by atoms with Crippen LogP contribution in [0.2, 0.25) is 0 Å². The molecule has 0 amide bonds. The van der Waals surface area contributed by atoms with Crippen LogP contribution in [0.15, 0.2) is 53.0 Å². The number of rotatable bonds is 17. The molecule has 0 saturated heterocycles. The number of hydrogen-bond acceptors (Lipinski definition) is 14. The summed E-state index contributed by atoms with van der Waals surface area (Å²) in [7, 11) is 3.81. The highest BCUT2D eigenvalue weighted by atomic mass is 16.6. The van der Waals surface area contributed by atoms with Gasteiger partial charge in [-0.2, -0.15) is 0 Å². The van der Waals surface area contributed by atoms with Gasteiger partial charge >= 0.3 is 0 Å². The maximum absolute atomic E-state index is 11.8. The van der Waals surface area contributed by atoms with Gasteiger partial charge in [0.15, 0.2) is 17.6 Å². The Morgan fingerprint density at radius 2 is 1.86 bits per heavy atom. The lowest BCUT2D eigenvalue weighted by molar-refractivity contribution is -0.141. The number of aliphatic hydroxyl groups excluding tert-OH is 2. The first-order valence-electron chi connectivity index (χ1n) is 25.9. The van der Waals surface area contributed by atoms with Crippen LogP contribution in [0.3, 0.4) is 0 Å². The monoisotopic (exact) mass is 982 g/mol. The summed E-state index contributed by atoms with van der Waals surface area (Å²) in [6.07, 6.45) is 6.99. The predicted octanol–water partition coefficient (Wildman–Crippen LogP) is 4.53. The molecule has 0 spiro atoms. The van der Waals surface area contributed by atoms with Gasteiger partial charge in [-0.3, -0.25) is 15.6 Å². The lowest BCUT2D eigenvalue weighted by Crippen LogP contribution is -2.62. The lowest BCUT2D eigenvalue weighted by Gasteiger charge is -2.50. The molecule has 10 rings (SSSR count). The van der Waals surface area contributed by atoms with Crippen LogP contribution in [0.25, 0.3) is 23.3 Å². The van der Waals surface area contributed by atoms with Gasteiger partial charge in [0.05, 0.1) is 37.4 Å². The molecule has 0 fully saturated rings. The van der Waals surface area contributed by atoms with E-state index in [1.54, 1.807) is 6.07 Å². The minimum Gasteiger partial charge on any atom is -0.507 e. The minimum atomic E-state index is -1.24. The Morgan fingerprint density at radius 1 is 1.00 bits per heavy atom. The molecule has 14 heteroatoms. The molecule has 6 aliphatic rings. The molecule has 7 atom stereocenters. The SMILES string of the molecule is CNCOC12Cc3c4c(c5c(c3OC1c1cc(CCCO)c(O)c(c1)OCCC#CC2NCNCC(C)(O)CC(C)C)CCC(CO)O5)-c1ccc(O)c2c1C(C4)C(c1ccc3c(c1)=CCN=3)C(CNC)=C2. The Kier molecular flexibility index (Phi) is 14.5. The molecular formula is C58H71N5O9. The molecule has 72 heavy (non-hydrogen) atoms. The highest BCUT2D eigenvalue weighted by Gasteiger charge is 2.55. The molecule has 4 aliphatic heterocycles. The van der Waals surface area contributed by atoms with Gasteiger partial charge in [-0.1, -0.05) is 43.9 Å². The number of phenols is 2. The van der Waals surface area contributed by atoms with Gasteiger partial charge in [0, 0.05) is 67.4 Å². The molecule has 0 saturated carbocycles. The third-order valence-corrected chi connectivity index (χ3v) is 15.4. The average molecular weight is 982 g/mol. The number of likely N-dealkylation sites (N-methyl/N-ethyl adjacent to an activating group) is 1. The van der Waals surface area contributed by atoms with E-state index < -0.39 is 29.5 Å². The van der Waals surface area contributed by atoms with Crippen molar-refractivity contribution in [3.05, 3.63) is 103 Å². The first-order valence-corrected chi connectivity index (χ1v) is 25.9. The topological polar surface area (TPSA) is 199 Å². The standard InChI is InChI=1S/C58H71N5O9/c1-33(2)26-57(3,68)30-61-31-63-49-10-6-7-20-69-48-24-37(22-36(53(48)67)9-8-19-64)56-58(49,70-32-60-5)27-45-42-25-44-50(35-11-15-46-34(21-35)17-18-62-46)38(28-59-4)23-43-47(66)16-14-40(51(43)44)52(42)55-41(54(45)72-56)13-12-39(29-65)71-55/h11,14-17,21-24,33,39,44,49-50,56,59-61,63-68H,7-9,12-13,18-20,25-32H2,1-5H3. The number of ether oxygens (including phenoxy) is 4. The van der Waals surface area contributed by atoms with Crippen molar-refractivity contribution in [3.63, 3.8) is 0 Å². The molecule has 4 heterocycles. The smallest absolute Gasteiger partial charge is 0.161 e. The molecule has 7 unspecified atom stereocenters. The normalized spacial score (nSPS) is 24.0. The van der Waals surface area contributed by atoms with Crippen LogP contribution < -0.4 is 46.1 Å². The van der Waals surface area contributed by atoms with E-state index in [1.165, 1.54) is 11.1 Å². The summed E-state index contributed by atoms with van der Waals surface area (Å²) in [6, 6.07) is 13.6. The highest BCUT2D eigenvalue weighted by Crippen LogP contribution is 2.62. The van der Waals surface area contributed by atoms with Crippen LogP contribution >= 0.6 is 0 Å². The third kappa shape index (κ3) is 9.28. The summed E-state index contributed by atoms with van der Waals surface area (Å²) in [4.78, 5) is 4.72. The second-order valence-electron chi connectivity index (χ2n) is 21.2. The zero-order valence-corrected chi connectivity index (χ0v) is 42.3. The zero-order valence-electron chi connectivity index (χ0n) is 42.3. The summed E-state index contributed by atoms with van der Waals surface area (Å²) in [5.74, 6) is 9.09. The highest BCUT2D eigenvalue weighted by molar-refractivity contribution is 5.89. The number of nitrogens with one attached hydrogen (secondary N) is 4. The number of benzene rings is 4. The first kappa shape index (κ1) is 50.1. The first-order chi connectivity index (χ1) is 34.9. The number of aryl methyl sites for hydroxylation is 1. The van der Waals surface area contributed by atoms with E-state index in [9.17, 15) is 25.5 Å². The maximum Gasteiger partial charge on any atom is 0.161 e. The van der Waals surface area contributed by atoms with Gasteiger partial charge in [0.1, 0.15) is 35.0 Å². The van der Waals surface area contributed by atoms with E-state index >= 15 is 0 Å². The van der Waals surface area contributed by atoms with Crippen LogP contribution in [0, 0.1) is 17.8 Å². The molecule has 2 bridgehead atoms. The molecule has 9 N–H and O–H groups in total.